The highest BCUT2D eigenvalue weighted by atomic mass is 16.6. The second-order valence-corrected chi connectivity index (χ2v) is 15.8. The van der Waals surface area contributed by atoms with Gasteiger partial charge in [0.05, 0.1) is 12.1 Å². The number of alkyl carbamates (subject to hydrolysis) is 2. The number of hydrogen-bond donors (Lipinski definition) is 6. The minimum absolute atomic E-state index is 0.0194. The van der Waals surface area contributed by atoms with Crippen molar-refractivity contribution in [2.75, 3.05) is 0 Å². The lowest BCUT2D eigenvalue weighted by Gasteiger charge is -2.35. The van der Waals surface area contributed by atoms with Crippen LogP contribution in [0.4, 0.5) is 9.59 Å². The van der Waals surface area contributed by atoms with E-state index in [4.69, 9.17) is 9.47 Å². The Labute approximate surface area is 354 Å². The summed E-state index contributed by atoms with van der Waals surface area (Å²) in [6.45, 7) is 7.18. The number of aryl methyl sites for hydroxylation is 2. The molecule has 60 heavy (non-hydrogen) atoms. The van der Waals surface area contributed by atoms with E-state index >= 15 is 0 Å². The standard InChI is InChI=1S/C48H62N4O8/c1-33(2)41(51-47(57)59-31-37-23-13-7-14-24-37)45(55)49-39(29-17-27-35-19-9-5-10-20-35)43(53)44(54)40(30-18-28-36-21-11-6-12-22-36)50-46(56)42(34(3)4)52-48(58)60-32-38-25-15-8-16-26-38/h5-16,19-26,33-34,39-44,53-54H,17-18,27-32H2,1-4H3,(H,49,55)(H,50,56)(H,51,57)(H,52,58)/t39-,40-,41-,42-,43+,44+/m0/s1. The number of aliphatic hydroxyl groups is 2. The van der Waals surface area contributed by atoms with Crippen molar-refractivity contribution in [3.8, 4) is 0 Å². The second kappa shape index (κ2) is 25.0. The lowest BCUT2D eigenvalue weighted by atomic mass is 9.90. The number of nitrogens with one attached hydrogen (secondary N) is 4. The third-order valence-corrected chi connectivity index (χ3v) is 10.3. The summed E-state index contributed by atoms with van der Waals surface area (Å²) in [4.78, 5) is 53.7. The molecular weight excluding hydrogens is 761 g/mol. The van der Waals surface area contributed by atoms with Crippen LogP contribution in [-0.2, 0) is 45.1 Å². The van der Waals surface area contributed by atoms with Crippen LogP contribution in [0, 0.1) is 11.8 Å². The Balaban J connectivity index is 1.51. The van der Waals surface area contributed by atoms with Gasteiger partial charge in [-0.1, -0.05) is 149 Å². The topological polar surface area (TPSA) is 175 Å². The summed E-state index contributed by atoms with van der Waals surface area (Å²) in [5.41, 5.74) is 3.72. The van der Waals surface area contributed by atoms with Crippen LogP contribution in [0.1, 0.15) is 75.6 Å². The molecule has 0 bridgehead atoms. The van der Waals surface area contributed by atoms with Crippen molar-refractivity contribution < 1.29 is 38.9 Å². The first kappa shape index (κ1) is 47.0. The maximum atomic E-state index is 14.0. The molecule has 0 aliphatic carbocycles. The number of carbonyl (C=O) groups excluding carboxylic acids is 4. The van der Waals surface area contributed by atoms with Crippen LogP contribution in [-0.4, -0.2) is 70.6 Å². The fraction of sp³-hybridized carbons (Fsp3) is 0.417. The van der Waals surface area contributed by atoms with E-state index in [-0.39, 0.29) is 37.9 Å². The van der Waals surface area contributed by atoms with E-state index in [1.165, 1.54) is 0 Å². The molecule has 4 rings (SSSR count). The summed E-state index contributed by atoms with van der Waals surface area (Å²) in [7, 11) is 0. The van der Waals surface area contributed by atoms with Crippen LogP contribution in [0.5, 0.6) is 0 Å². The molecule has 12 nitrogen and oxygen atoms in total. The molecule has 6 N–H and O–H groups in total. The van der Waals surface area contributed by atoms with E-state index in [2.05, 4.69) is 21.3 Å². The average Bonchev–Trinajstić information content (AvgIpc) is 3.25. The van der Waals surface area contributed by atoms with E-state index in [1.54, 1.807) is 27.7 Å². The average molecular weight is 823 g/mol. The second-order valence-electron chi connectivity index (χ2n) is 15.8. The number of rotatable bonds is 23. The van der Waals surface area contributed by atoms with Gasteiger partial charge in [-0.25, -0.2) is 9.59 Å². The molecule has 0 aromatic heterocycles. The van der Waals surface area contributed by atoms with Crippen LogP contribution in [0.25, 0.3) is 0 Å². The van der Waals surface area contributed by atoms with Gasteiger partial charge in [-0.2, -0.15) is 0 Å². The number of ether oxygens (including phenoxy) is 2. The summed E-state index contributed by atoms with van der Waals surface area (Å²) in [5.74, 6) is -1.82. The number of benzene rings is 4. The van der Waals surface area contributed by atoms with Gasteiger partial charge in [0.25, 0.3) is 0 Å². The normalized spacial score (nSPS) is 14.2. The quantitative estimate of drug-likeness (QED) is 0.0484. The Morgan fingerprint density at radius 1 is 0.467 bits per heavy atom. The molecule has 0 spiro atoms. The molecule has 4 aromatic rings. The lowest BCUT2D eigenvalue weighted by molar-refractivity contribution is -0.129. The third kappa shape index (κ3) is 16.1. The molecular formula is C48H62N4O8. The number of hydrogen-bond acceptors (Lipinski definition) is 8. The predicted octanol–water partition coefficient (Wildman–Crippen LogP) is 6.63. The maximum Gasteiger partial charge on any atom is 0.408 e. The highest BCUT2D eigenvalue weighted by molar-refractivity contribution is 5.87. The monoisotopic (exact) mass is 822 g/mol. The summed E-state index contributed by atoms with van der Waals surface area (Å²) in [6.07, 6.45) is -1.68. The Morgan fingerprint density at radius 2 is 0.767 bits per heavy atom. The Kier molecular flexibility index (Phi) is 19.6. The molecule has 4 amide bonds. The van der Waals surface area contributed by atoms with Crippen molar-refractivity contribution in [1.29, 1.82) is 0 Å². The van der Waals surface area contributed by atoms with E-state index in [0.29, 0.717) is 25.7 Å². The summed E-state index contributed by atoms with van der Waals surface area (Å²) in [5, 5.41) is 35.2. The molecule has 6 atom stereocenters. The smallest absolute Gasteiger partial charge is 0.408 e. The molecule has 0 aliphatic heterocycles. The van der Waals surface area contributed by atoms with Gasteiger partial charge < -0.3 is 41.0 Å². The van der Waals surface area contributed by atoms with Crippen LogP contribution in [0.15, 0.2) is 121 Å². The molecule has 12 heteroatoms. The van der Waals surface area contributed by atoms with Gasteiger partial charge in [0, 0.05) is 0 Å². The van der Waals surface area contributed by atoms with Crippen molar-refractivity contribution in [2.45, 2.75) is 116 Å². The van der Waals surface area contributed by atoms with Crippen LogP contribution in [0.2, 0.25) is 0 Å². The molecule has 0 radical (unpaired) electrons. The zero-order valence-electron chi connectivity index (χ0n) is 35.2. The van der Waals surface area contributed by atoms with Gasteiger partial charge in [-0.15, -0.1) is 0 Å². The van der Waals surface area contributed by atoms with E-state index in [0.717, 1.165) is 22.3 Å². The first-order chi connectivity index (χ1) is 28.9. The van der Waals surface area contributed by atoms with Gasteiger partial charge in [0.1, 0.15) is 37.5 Å². The van der Waals surface area contributed by atoms with Crippen molar-refractivity contribution in [3.05, 3.63) is 144 Å². The van der Waals surface area contributed by atoms with Gasteiger partial charge in [0.15, 0.2) is 0 Å². The molecule has 322 valence electrons. The molecule has 0 unspecified atom stereocenters. The Bertz CT molecular complexity index is 1730. The number of amides is 4. The van der Waals surface area contributed by atoms with E-state index in [1.807, 2.05) is 121 Å². The first-order valence-electron chi connectivity index (χ1n) is 20.9. The zero-order chi connectivity index (χ0) is 43.3. The molecule has 0 fully saturated rings. The van der Waals surface area contributed by atoms with Crippen LogP contribution < -0.4 is 21.3 Å². The van der Waals surface area contributed by atoms with Gasteiger partial charge in [-0.3, -0.25) is 9.59 Å². The molecule has 0 saturated carbocycles. The molecule has 0 heterocycles. The largest absolute Gasteiger partial charge is 0.445 e. The van der Waals surface area contributed by atoms with Crippen LogP contribution in [0.3, 0.4) is 0 Å². The van der Waals surface area contributed by atoms with Gasteiger partial charge in [-0.05, 0) is 72.6 Å². The predicted molar refractivity (Wildman–Crippen MR) is 231 cm³/mol. The first-order valence-corrected chi connectivity index (χ1v) is 20.9. The van der Waals surface area contributed by atoms with Crippen molar-refractivity contribution in [3.63, 3.8) is 0 Å². The number of carbonyl (C=O) groups is 4. The number of aliphatic hydroxyl groups excluding tert-OH is 2. The molecule has 4 aromatic carbocycles. The Morgan fingerprint density at radius 3 is 1.07 bits per heavy atom. The molecule has 0 saturated heterocycles. The van der Waals surface area contributed by atoms with E-state index < -0.39 is 60.4 Å². The Hall–Kier alpha value is -5.72. The lowest BCUT2D eigenvalue weighted by Crippen LogP contribution is -2.60. The van der Waals surface area contributed by atoms with Crippen molar-refractivity contribution in [1.82, 2.24) is 21.3 Å². The highest BCUT2D eigenvalue weighted by Gasteiger charge is 2.37. The minimum Gasteiger partial charge on any atom is -0.445 e. The molecule has 0 aliphatic rings. The minimum atomic E-state index is -1.54. The van der Waals surface area contributed by atoms with Crippen molar-refractivity contribution in [2.24, 2.45) is 11.8 Å². The van der Waals surface area contributed by atoms with Crippen molar-refractivity contribution >= 4 is 24.0 Å². The maximum absolute atomic E-state index is 14.0. The highest BCUT2D eigenvalue weighted by Crippen LogP contribution is 2.19. The third-order valence-electron chi connectivity index (χ3n) is 10.3. The van der Waals surface area contributed by atoms with Gasteiger partial charge >= 0.3 is 12.2 Å². The summed E-state index contributed by atoms with van der Waals surface area (Å²) < 4.78 is 10.8. The zero-order valence-corrected chi connectivity index (χ0v) is 35.2. The fourth-order valence-electron chi connectivity index (χ4n) is 6.87. The van der Waals surface area contributed by atoms with E-state index in [9.17, 15) is 29.4 Å². The van der Waals surface area contributed by atoms with Crippen LogP contribution >= 0.6 is 0 Å². The van der Waals surface area contributed by atoms with Gasteiger partial charge in [0.2, 0.25) is 11.8 Å². The SMILES string of the molecule is CC(C)[C@H](NC(=O)OCc1ccccc1)C(=O)N[C@@H](CCCc1ccccc1)[C@@H](O)[C@H](O)[C@H](CCCc1ccccc1)NC(=O)[C@@H](NC(=O)OCc1ccccc1)C(C)C. The fourth-order valence-corrected chi connectivity index (χ4v) is 6.87. The summed E-state index contributed by atoms with van der Waals surface area (Å²) >= 11 is 0. The summed E-state index contributed by atoms with van der Waals surface area (Å²) in [6, 6.07) is 34.0.